The van der Waals surface area contributed by atoms with Gasteiger partial charge in [0, 0.05) is 37.1 Å². The number of sulfonamides is 1. The van der Waals surface area contributed by atoms with Crippen LogP contribution < -0.4 is 15.2 Å². The maximum absolute atomic E-state index is 12.6. The Morgan fingerprint density at radius 3 is 2.61 bits per heavy atom. The van der Waals surface area contributed by atoms with Crippen LogP contribution in [0.25, 0.3) is 10.9 Å². The summed E-state index contributed by atoms with van der Waals surface area (Å²) in [7, 11) is 0.0255. The van der Waals surface area contributed by atoms with Crippen LogP contribution in [0.5, 0.6) is 0 Å². The molecular formula is C21H23N7O2S. The number of fused-ring (bicyclic) bond motifs is 1. The van der Waals surface area contributed by atoms with Gasteiger partial charge in [0.05, 0.1) is 10.4 Å². The minimum Gasteiger partial charge on any atom is -0.329 e. The Bertz CT molecular complexity index is 1370. The van der Waals surface area contributed by atoms with Gasteiger partial charge in [-0.05, 0) is 49.7 Å². The lowest BCUT2D eigenvalue weighted by Crippen LogP contribution is -2.31. The minimum atomic E-state index is -3.77. The van der Waals surface area contributed by atoms with Crippen molar-refractivity contribution in [2.75, 3.05) is 17.4 Å². The zero-order valence-electron chi connectivity index (χ0n) is 17.7. The summed E-state index contributed by atoms with van der Waals surface area (Å²) in [5.74, 6) is 0.732. The lowest BCUT2D eigenvalue weighted by Gasteiger charge is -2.19. The van der Waals surface area contributed by atoms with Crippen LogP contribution in [0.4, 0.5) is 17.5 Å². The summed E-state index contributed by atoms with van der Waals surface area (Å²) >= 11 is 0. The molecule has 0 aliphatic carbocycles. The molecule has 2 aromatic heterocycles. The maximum Gasteiger partial charge on any atom is 0.257 e. The van der Waals surface area contributed by atoms with Crippen LogP contribution in [0.3, 0.4) is 0 Å². The SMILES string of the molecule is Cc1ccccc1S(=O)(=O)NNc1nccc(N(C)c2ccc3c(C)n(C)nc3c2)n1. The van der Waals surface area contributed by atoms with Gasteiger partial charge in [-0.2, -0.15) is 10.1 Å². The number of hydrogen-bond acceptors (Lipinski definition) is 7. The van der Waals surface area contributed by atoms with Gasteiger partial charge in [-0.1, -0.05) is 18.2 Å². The number of aryl methyl sites for hydroxylation is 3. The van der Waals surface area contributed by atoms with Crippen molar-refractivity contribution in [1.82, 2.24) is 24.6 Å². The number of nitrogens with one attached hydrogen (secondary N) is 2. The van der Waals surface area contributed by atoms with Gasteiger partial charge in [-0.3, -0.25) is 10.1 Å². The van der Waals surface area contributed by atoms with Gasteiger partial charge in [0.15, 0.2) is 0 Å². The van der Waals surface area contributed by atoms with Crippen molar-refractivity contribution >= 4 is 38.4 Å². The van der Waals surface area contributed by atoms with E-state index in [0.717, 1.165) is 22.3 Å². The highest BCUT2D eigenvalue weighted by Gasteiger charge is 2.17. The molecule has 0 saturated carbocycles. The van der Waals surface area contributed by atoms with Crippen LogP contribution in [-0.2, 0) is 17.1 Å². The lowest BCUT2D eigenvalue weighted by atomic mass is 10.2. The molecule has 2 N–H and O–H groups in total. The monoisotopic (exact) mass is 437 g/mol. The maximum atomic E-state index is 12.6. The number of hydrogen-bond donors (Lipinski definition) is 2. The number of anilines is 3. The highest BCUT2D eigenvalue weighted by molar-refractivity contribution is 7.89. The Morgan fingerprint density at radius 2 is 1.84 bits per heavy atom. The van der Waals surface area contributed by atoms with Gasteiger partial charge in [-0.25, -0.2) is 13.4 Å². The predicted molar refractivity (Wildman–Crippen MR) is 121 cm³/mol. The van der Waals surface area contributed by atoms with E-state index in [0.29, 0.717) is 11.4 Å². The van der Waals surface area contributed by atoms with Crippen LogP contribution in [0.2, 0.25) is 0 Å². The van der Waals surface area contributed by atoms with Crippen LogP contribution in [0, 0.1) is 13.8 Å². The molecule has 160 valence electrons. The highest BCUT2D eigenvalue weighted by Crippen LogP contribution is 2.27. The van der Waals surface area contributed by atoms with Crippen LogP contribution in [0.15, 0.2) is 59.6 Å². The van der Waals surface area contributed by atoms with E-state index in [1.165, 1.54) is 0 Å². The van der Waals surface area contributed by atoms with Crippen molar-refractivity contribution in [1.29, 1.82) is 0 Å². The fourth-order valence-electron chi connectivity index (χ4n) is 3.28. The molecule has 0 aliphatic rings. The topological polar surface area (TPSA) is 105 Å². The van der Waals surface area contributed by atoms with E-state index in [9.17, 15) is 8.42 Å². The Kier molecular flexibility index (Phi) is 5.34. The Hall–Kier alpha value is -3.50. The molecule has 2 aromatic carbocycles. The third-order valence-corrected chi connectivity index (χ3v) is 6.57. The van der Waals surface area contributed by atoms with E-state index in [1.807, 2.05) is 48.8 Å². The molecule has 0 saturated heterocycles. The molecule has 9 nitrogen and oxygen atoms in total. The Labute approximate surface area is 180 Å². The summed E-state index contributed by atoms with van der Waals surface area (Å²) in [5.41, 5.74) is 6.13. The van der Waals surface area contributed by atoms with Crippen molar-refractivity contribution in [3.63, 3.8) is 0 Å². The van der Waals surface area contributed by atoms with Crippen molar-refractivity contribution in [3.05, 3.63) is 66.0 Å². The third-order valence-electron chi connectivity index (χ3n) is 5.17. The van der Waals surface area contributed by atoms with Crippen LogP contribution in [0.1, 0.15) is 11.3 Å². The summed E-state index contributed by atoms with van der Waals surface area (Å²) in [4.78, 5) is 12.9. The average Bonchev–Trinajstić information content (AvgIpc) is 3.05. The van der Waals surface area contributed by atoms with Gasteiger partial charge < -0.3 is 4.90 Å². The normalized spacial score (nSPS) is 11.6. The van der Waals surface area contributed by atoms with E-state index < -0.39 is 10.0 Å². The fraction of sp³-hybridized carbons (Fsp3) is 0.190. The molecule has 0 aliphatic heterocycles. The number of benzene rings is 2. The smallest absolute Gasteiger partial charge is 0.257 e. The summed E-state index contributed by atoms with van der Waals surface area (Å²) in [6.07, 6.45) is 1.56. The van der Waals surface area contributed by atoms with Gasteiger partial charge >= 0.3 is 0 Å². The standard InChI is InChI=1S/C21H23N7O2S/c1-14-7-5-6-8-19(14)31(29,30)26-24-21-22-12-11-20(23-21)27(3)16-9-10-17-15(2)28(4)25-18(17)13-16/h5-13,26H,1-4H3,(H,22,23,24). The molecule has 0 unspecified atom stereocenters. The van der Waals surface area contributed by atoms with E-state index in [4.69, 9.17) is 0 Å². The number of aromatic nitrogens is 4. The first kappa shape index (κ1) is 20.8. The number of hydrazine groups is 1. The second kappa shape index (κ2) is 7.97. The molecule has 31 heavy (non-hydrogen) atoms. The predicted octanol–water partition coefficient (Wildman–Crippen LogP) is 3.05. The second-order valence-corrected chi connectivity index (χ2v) is 8.85. The zero-order chi connectivity index (χ0) is 22.2. The molecule has 4 aromatic rings. The molecule has 0 amide bonds. The molecule has 0 spiro atoms. The van der Waals surface area contributed by atoms with Crippen LogP contribution in [-0.4, -0.2) is 35.2 Å². The Balaban J connectivity index is 1.55. The van der Waals surface area contributed by atoms with Gasteiger partial charge in [0.2, 0.25) is 5.95 Å². The van der Waals surface area contributed by atoms with Crippen molar-refractivity contribution in [2.24, 2.45) is 7.05 Å². The first-order chi connectivity index (χ1) is 14.8. The molecule has 4 rings (SSSR count). The second-order valence-electron chi connectivity index (χ2n) is 7.20. The summed E-state index contributed by atoms with van der Waals surface area (Å²) in [6.45, 7) is 3.76. The number of rotatable bonds is 6. The zero-order valence-corrected chi connectivity index (χ0v) is 18.5. The quantitative estimate of drug-likeness (QED) is 0.447. The Morgan fingerprint density at radius 1 is 1.06 bits per heavy atom. The van der Waals surface area contributed by atoms with Crippen molar-refractivity contribution < 1.29 is 8.42 Å². The molecule has 10 heteroatoms. The van der Waals surface area contributed by atoms with Gasteiger partial charge in [0.25, 0.3) is 10.0 Å². The van der Waals surface area contributed by atoms with Crippen molar-refractivity contribution in [3.8, 4) is 0 Å². The van der Waals surface area contributed by atoms with E-state index in [1.54, 1.807) is 43.5 Å². The molecule has 0 bridgehead atoms. The van der Waals surface area contributed by atoms with Gasteiger partial charge in [-0.15, -0.1) is 4.83 Å². The van der Waals surface area contributed by atoms with E-state index >= 15 is 0 Å². The van der Waals surface area contributed by atoms with Crippen LogP contribution >= 0.6 is 0 Å². The first-order valence-corrected chi connectivity index (χ1v) is 11.1. The molecule has 2 heterocycles. The van der Waals surface area contributed by atoms with E-state index in [2.05, 4.69) is 25.3 Å². The van der Waals surface area contributed by atoms with Gasteiger partial charge in [0.1, 0.15) is 5.82 Å². The van der Waals surface area contributed by atoms with E-state index in [-0.39, 0.29) is 10.8 Å². The summed E-state index contributed by atoms with van der Waals surface area (Å²) in [5, 5.41) is 5.62. The fourth-order valence-corrected chi connectivity index (χ4v) is 4.37. The highest BCUT2D eigenvalue weighted by atomic mass is 32.2. The molecule has 0 atom stereocenters. The van der Waals surface area contributed by atoms with Crippen molar-refractivity contribution in [2.45, 2.75) is 18.7 Å². The lowest BCUT2D eigenvalue weighted by molar-refractivity contribution is 0.586. The molecular weight excluding hydrogens is 414 g/mol. The first-order valence-electron chi connectivity index (χ1n) is 9.60. The molecule has 0 radical (unpaired) electrons. The summed E-state index contributed by atoms with van der Waals surface area (Å²) < 4.78 is 27.0. The largest absolute Gasteiger partial charge is 0.329 e. The summed E-state index contributed by atoms with van der Waals surface area (Å²) in [6, 6.07) is 14.5. The number of nitrogens with zero attached hydrogens (tertiary/aromatic N) is 5. The average molecular weight is 438 g/mol. The third kappa shape index (κ3) is 4.07. The minimum absolute atomic E-state index is 0.135. The molecule has 0 fully saturated rings.